The van der Waals surface area contributed by atoms with Crippen LogP contribution >= 0.6 is 0 Å². The van der Waals surface area contributed by atoms with Crippen LogP contribution in [0.25, 0.3) is 5.76 Å². The molecule has 0 unspecified atom stereocenters. The number of carbonyl (C=O) groups excluding carboxylic acids is 2. The molecular weight excluding hydrogens is 422 g/mol. The topological polar surface area (TPSA) is 92.2 Å². The quantitative estimate of drug-likeness (QED) is 0.286. The molecule has 4 rings (SSSR count). The van der Waals surface area contributed by atoms with Gasteiger partial charge in [-0.25, -0.2) is 0 Å². The lowest BCUT2D eigenvalue weighted by atomic mass is 9.96. The van der Waals surface area contributed by atoms with E-state index in [4.69, 9.17) is 9.47 Å². The number of aliphatic hydroxyl groups excluding tert-OH is 1. The standard InChI is InChI=1S/C25H27N3O5/c1-2-14-33-20-7-5-18(6-8-20)23(29)21-22(19-4-3-9-26-17-19)28(25(31)24(21)30)11-10-27-12-15-32-16-13-27/h2-9,17,22,29H,1,10-16H2/t22-/m1/s1. The maximum atomic E-state index is 13.1. The number of amides is 1. The molecule has 8 heteroatoms. The lowest BCUT2D eigenvalue weighted by Crippen LogP contribution is -2.42. The summed E-state index contributed by atoms with van der Waals surface area (Å²) < 4.78 is 10.9. The van der Waals surface area contributed by atoms with Crippen LogP contribution in [0.1, 0.15) is 17.2 Å². The van der Waals surface area contributed by atoms with Gasteiger partial charge in [0.25, 0.3) is 11.7 Å². The Labute approximate surface area is 192 Å². The SMILES string of the molecule is C=CCOc1ccc(C(O)=C2C(=O)C(=O)N(CCN3CCOCC3)[C@@H]2c2cccnc2)cc1. The summed E-state index contributed by atoms with van der Waals surface area (Å²) >= 11 is 0. The number of ketones is 1. The van der Waals surface area contributed by atoms with E-state index < -0.39 is 17.7 Å². The number of Topliss-reactive ketones (excluding diaryl/α,β-unsaturated/α-hetero) is 1. The van der Waals surface area contributed by atoms with Crippen LogP contribution in [0.4, 0.5) is 0 Å². The first kappa shape index (κ1) is 22.7. The Morgan fingerprint density at radius 1 is 1.18 bits per heavy atom. The Hall–Kier alpha value is -3.49. The monoisotopic (exact) mass is 449 g/mol. The summed E-state index contributed by atoms with van der Waals surface area (Å²) in [5.74, 6) is -0.924. The maximum absolute atomic E-state index is 13.1. The van der Waals surface area contributed by atoms with Crippen LogP contribution in [0.15, 0.2) is 67.0 Å². The highest BCUT2D eigenvalue weighted by atomic mass is 16.5. The molecule has 2 aromatic rings. The number of rotatable bonds is 8. The Kier molecular flexibility index (Phi) is 7.16. The molecule has 2 fully saturated rings. The fourth-order valence-electron chi connectivity index (χ4n) is 4.09. The smallest absolute Gasteiger partial charge is 0.295 e. The fraction of sp³-hybridized carbons (Fsp3) is 0.320. The van der Waals surface area contributed by atoms with Crippen molar-refractivity contribution in [3.8, 4) is 5.75 Å². The number of aromatic nitrogens is 1. The van der Waals surface area contributed by atoms with Gasteiger partial charge in [0.05, 0.1) is 24.8 Å². The number of aliphatic hydroxyl groups is 1. The molecule has 0 aliphatic carbocycles. The van der Waals surface area contributed by atoms with Crippen molar-refractivity contribution in [1.29, 1.82) is 0 Å². The minimum absolute atomic E-state index is 0.0646. The Balaban J connectivity index is 1.66. The van der Waals surface area contributed by atoms with E-state index >= 15 is 0 Å². The zero-order chi connectivity index (χ0) is 23.2. The molecule has 0 spiro atoms. The molecule has 8 nitrogen and oxygen atoms in total. The Bertz CT molecular complexity index is 1030. The number of hydrogen-bond donors (Lipinski definition) is 1. The molecule has 33 heavy (non-hydrogen) atoms. The molecular formula is C25H27N3O5. The lowest BCUT2D eigenvalue weighted by molar-refractivity contribution is -0.140. The van der Waals surface area contributed by atoms with Gasteiger partial charge in [-0.2, -0.15) is 0 Å². The van der Waals surface area contributed by atoms with Crippen molar-refractivity contribution >= 4 is 17.4 Å². The number of hydrogen-bond acceptors (Lipinski definition) is 7. The molecule has 0 bridgehead atoms. The number of carbonyl (C=O) groups is 2. The second-order valence-corrected chi connectivity index (χ2v) is 7.86. The number of ether oxygens (including phenoxy) is 2. The van der Waals surface area contributed by atoms with E-state index in [-0.39, 0.29) is 11.3 Å². The normalized spacial score (nSPS) is 20.7. The predicted octanol–water partition coefficient (Wildman–Crippen LogP) is 2.40. The van der Waals surface area contributed by atoms with Crippen LogP contribution in [-0.4, -0.2) is 77.6 Å². The number of benzene rings is 1. The van der Waals surface area contributed by atoms with E-state index in [1.165, 1.54) is 4.90 Å². The number of nitrogens with zero attached hydrogens (tertiary/aromatic N) is 3. The van der Waals surface area contributed by atoms with Crippen LogP contribution in [0, 0.1) is 0 Å². The second-order valence-electron chi connectivity index (χ2n) is 7.86. The van der Waals surface area contributed by atoms with Crippen molar-refractivity contribution < 1.29 is 24.2 Å². The lowest BCUT2D eigenvalue weighted by Gasteiger charge is -2.30. The summed E-state index contributed by atoms with van der Waals surface area (Å²) in [7, 11) is 0. The summed E-state index contributed by atoms with van der Waals surface area (Å²) in [6, 6.07) is 9.58. The maximum Gasteiger partial charge on any atom is 0.295 e. The zero-order valence-corrected chi connectivity index (χ0v) is 18.4. The van der Waals surface area contributed by atoms with E-state index in [0.717, 1.165) is 13.1 Å². The summed E-state index contributed by atoms with van der Waals surface area (Å²) in [4.78, 5) is 34.0. The molecule has 172 valence electrons. The third-order valence-electron chi connectivity index (χ3n) is 5.80. The van der Waals surface area contributed by atoms with E-state index in [9.17, 15) is 14.7 Å². The van der Waals surface area contributed by atoms with E-state index in [2.05, 4.69) is 16.5 Å². The van der Waals surface area contributed by atoms with E-state index in [1.807, 2.05) is 6.07 Å². The largest absolute Gasteiger partial charge is 0.507 e. The van der Waals surface area contributed by atoms with Crippen molar-refractivity contribution in [2.45, 2.75) is 6.04 Å². The van der Waals surface area contributed by atoms with Crippen molar-refractivity contribution in [2.24, 2.45) is 0 Å². The highest BCUT2D eigenvalue weighted by Gasteiger charge is 2.46. The summed E-state index contributed by atoms with van der Waals surface area (Å²) in [6.07, 6.45) is 4.89. The van der Waals surface area contributed by atoms with Crippen molar-refractivity contribution in [2.75, 3.05) is 46.0 Å². The molecule has 0 radical (unpaired) electrons. The van der Waals surface area contributed by atoms with Crippen LogP contribution in [0.3, 0.4) is 0 Å². The molecule has 1 amide bonds. The minimum atomic E-state index is -0.712. The van der Waals surface area contributed by atoms with Gasteiger partial charge in [0.15, 0.2) is 0 Å². The van der Waals surface area contributed by atoms with Crippen molar-refractivity contribution in [3.63, 3.8) is 0 Å². The van der Waals surface area contributed by atoms with Crippen LogP contribution in [-0.2, 0) is 14.3 Å². The second kappa shape index (κ2) is 10.4. The van der Waals surface area contributed by atoms with Crippen LogP contribution in [0.5, 0.6) is 5.75 Å². The molecule has 1 atom stereocenters. The first-order valence-corrected chi connectivity index (χ1v) is 10.9. The number of morpholine rings is 1. The van der Waals surface area contributed by atoms with Gasteiger partial charge in [0.1, 0.15) is 18.1 Å². The highest BCUT2D eigenvalue weighted by Crippen LogP contribution is 2.39. The van der Waals surface area contributed by atoms with Gasteiger partial charge in [-0.1, -0.05) is 18.7 Å². The number of pyridine rings is 1. The van der Waals surface area contributed by atoms with E-state index in [1.54, 1.807) is 48.8 Å². The summed E-state index contributed by atoms with van der Waals surface area (Å²) in [5.41, 5.74) is 1.17. The number of likely N-dealkylation sites (tertiary alicyclic amines) is 1. The van der Waals surface area contributed by atoms with Gasteiger partial charge in [-0.3, -0.25) is 19.5 Å². The van der Waals surface area contributed by atoms with Gasteiger partial charge in [-0.15, -0.1) is 0 Å². The first-order chi connectivity index (χ1) is 16.1. The zero-order valence-electron chi connectivity index (χ0n) is 18.4. The van der Waals surface area contributed by atoms with Crippen LogP contribution in [0.2, 0.25) is 0 Å². The highest BCUT2D eigenvalue weighted by molar-refractivity contribution is 6.46. The van der Waals surface area contributed by atoms with Crippen molar-refractivity contribution in [3.05, 3.63) is 78.1 Å². The molecule has 1 aromatic carbocycles. The average molecular weight is 450 g/mol. The first-order valence-electron chi connectivity index (χ1n) is 10.9. The fourth-order valence-corrected chi connectivity index (χ4v) is 4.09. The summed E-state index contributed by atoms with van der Waals surface area (Å²) in [6.45, 7) is 7.81. The van der Waals surface area contributed by atoms with Crippen LogP contribution < -0.4 is 4.74 Å². The van der Waals surface area contributed by atoms with Gasteiger partial charge >= 0.3 is 0 Å². The molecule has 2 aliphatic heterocycles. The minimum Gasteiger partial charge on any atom is -0.507 e. The molecule has 3 heterocycles. The van der Waals surface area contributed by atoms with Crippen molar-refractivity contribution in [1.82, 2.24) is 14.8 Å². The Morgan fingerprint density at radius 2 is 1.94 bits per heavy atom. The van der Waals surface area contributed by atoms with E-state index in [0.29, 0.717) is 49.8 Å². The molecule has 2 aliphatic rings. The van der Waals surface area contributed by atoms with Gasteiger partial charge in [-0.05, 0) is 35.9 Å². The predicted molar refractivity (Wildman–Crippen MR) is 123 cm³/mol. The third-order valence-corrected chi connectivity index (χ3v) is 5.80. The molecule has 1 aromatic heterocycles. The third kappa shape index (κ3) is 4.97. The molecule has 0 saturated carbocycles. The Morgan fingerprint density at radius 3 is 2.61 bits per heavy atom. The van der Waals surface area contributed by atoms with Gasteiger partial charge < -0.3 is 19.5 Å². The van der Waals surface area contributed by atoms with Gasteiger partial charge in [0.2, 0.25) is 0 Å². The average Bonchev–Trinajstić information content (AvgIpc) is 3.12. The van der Waals surface area contributed by atoms with Gasteiger partial charge in [0, 0.05) is 44.1 Å². The molecule has 1 N–H and O–H groups in total. The molecule has 2 saturated heterocycles. The summed E-state index contributed by atoms with van der Waals surface area (Å²) in [5, 5.41) is 11.1.